The Kier molecular flexibility index (Phi) is 5.33. The summed E-state index contributed by atoms with van der Waals surface area (Å²) in [6.45, 7) is 3.54. The molecule has 0 saturated carbocycles. The van der Waals surface area contributed by atoms with E-state index in [0.717, 1.165) is 48.3 Å². The lowest BCUT2D eigenvalue weighted by atomic mass is 9.92. The Hall–Kier alpha value is -3.71. The molecule has 2 aromatic carbocycles. The minimum Gasteiger partial charge on any atom is -0.288 e. The maximum absolute atomic E-state index is 11.6. The number of nitrogens with one attached hydrogen (secondary N) is 1. The number of aryl methyl sites for hydroxylation is 2. The van der Waals surface area contributed by atoms with Crippen LogP contribution in [-0.4, -0.2) is 30.7 Å². The van der Waals surface area contributed by atoms with Gasteiger partial charge in [-0.3, -0.25) is 19.4 Å². The van der Waals surface area contributed by atoms with Gasteiger partial charge in [0.2, 0.25) is 0 Å². The molecule has 0 bridgehead atoms. The van der Waals surface area contributed by atoms with Gasteiger partial charge >= 0.3 is 0 Å². The van der Waals surface area contributed by atoms with Crippen molar-refractivity contribution in [3.05, 3.63) is 94.4 Å². The van der Waals surface area contributed by atoms with Gasteiger partial charge in [-0.1, -0.05) is 42.5 Å². The van der Waals surface area contributed by atoms with Crippen LogP contribution in [0.25, 0.3) is 11.3 Å². The minimum absolute atomic E-state index is 0.414. The Bertz CT molecular complexity index is 1260. The zero-order valence-corrected chi connectivity index (χ0v) is 18.0. The highest BCUT2D eigenvalue weighted by atomic mass is 16.5. The molecular weight excluding hydrogens is 402 g/mol. The fourth-order valence-corrected chi connectivity index (χ4v) is 4.38. The number of nitrogens with zero attached hydrogens (tertiary/aromatic N) is 4. The second-order valence-electron chi connectivity index (χ2n) is 8.08. The second kappa shape index (κ2) is 8.43. The number of amides is 1. The van der Waals surface area contributed by atoms with Crippen LogP contribution in [0.2, 0.25) is 0 Å². The predicted octanol–water partition coefficient (Wildman–Crippen LogP) is 3.62. The van der Waals surface area contributed by atoms with Gasteiger partial charge in [-0.15, -0.1) is 0 Å². The second-order valence-corrected chi connectivity index (χ2v) is 8.08. The highest BCUT2D eigenvalue weighted by molar-refractivity contribution is 5.93. The quantitative estimate of drug-likeness (QED) is 0.364. The summed E-state index contributed by atoms with van der Waals surface area (Å²) in [6, 6.07) is 17.7. The summed E-state index contributed by atoms with van der Waals surface area (Å²) in [5.41, 5.74) is 10.2. The van der Waals surface area contributed by atoms with Gasteiger partial charge in [0.05, 0.1) is 17.9 Å². The average Bonchev–Trinajstić information content (AvgIpc) is 3.41. The fourth-order valence-electron chi connectivity index (χ4n) is 4.38. The summed E-state index contributed by atoms with van der Waals surface area (Å²) in [4.78, 5) is 11.6. The molecule has 0 unspecified atom stereocenters. The molecule has 2 N–H and O–H groups in total. The third-order valence-electron chi connectivity index (χ3n) is 6.06. The molecule has 1 aliphatic rings. The number of carbonyl (C=O) groups is 1. The van der Waals surface area contributed by atoms with Gasteiger partial charge in [-0.2, -0.15) is 10.2 Å². The lowest BCUT2D eigenvalue weighted by molar-refractivity contribution is 0.0706. The van der Waals surface area contributed by atoms with Crippen LogP contribution in [0.5, 0.6) is 0 Å². The van der Waals surface area contributed by atoms with Gasteiger partial charge in [0.15, 0.2) is 0 Å². The summed E-state index contributed by atoms with van der Waals surface area (Å²) in [5, 5.41) is 18.6. The van der Waals surface area contributed by atoms with Gasteiger partial charge in [-0.05, 0) is 43.0 Å². The van der Waals surface area contributed by atoms with Gasteiger partial charge in [0.25, 0.3) is 5.91 Å². The van der Waals surface area contributed by atoms with E-state index < -0.39 is 5.91 Å². The maximum atomic E-state index is 11.6. The lowest BCUT2D eigenvalue weighted by Gasteiger charge is -2.13. The SMILES string of the molecule is CCn1cc2c(n1)CCc1c-2nn(Cc2ccc(C(=O)NO)cc2)c1Cc1ccccc1. The first-order chi connectivity index (χ1) is 15.7. The number of hydroxylamine groups is 1. The van der Waals surface area contributed by atoms with Gasteiger partial charge in [-0.25, -0.2) is 5.48 Å². The summed E-state index contributed by atoms with van der Waals surface area (Å²) in [6.07, 6.45) is 4.78. The van der Waals surface area contributed by atoms with Crippen molar-refractivity contribution in [2.75, 3.05) is 0 Å². The molecule has 1 amide bonds. The van der Waals surface area contributed by atoms with E-state index in [4.69, 9.17) is 15.4 Å². The standard InChI is InChI=1S/C25H25N5O2/c1-2-29-16-21-22(26-29)13-12-20-23(14-17-6-4-3-5-7-17)30(27-24(20)21)15-18-8-10-19(11-9-18)25(31)28-32/h3-11,16,32H,2,12-15H2,1H3,(H,28,31). The van der Waals surface area contributed by atoms with Crippen molar-refractivity contribution in [1.82, 2.24) is 25.0 Å². The van der Waals surface area contributed by atoms with Crippen molar-refractivity contribution in [3.8, 4) is 11.3 Å². The van der Waals surface area contributed by atoms with Crippen molar-refractivity contribution >= 4 is 5.91 Å². The molecule has 0 radical (unpaired) electrons. The van der Waals surface area contributed by atoms with Crippen LogP contribution >= 0.6 is 0 Å². The molecule has 1 aliphatic carbocycles. The number of benzene rings is 2. The highest BCUT2D eigenvalue weighted by Crippen LogP contribution is 2.35. The Morgan fingerprint density at radius 3 is 2.53 bits per heavy atom. The van der Waals surface area contributed by atoms with Crippen LogP contribution in [0.4, 0.5) is 0 Å². The first kappa shape index (κ1) is 20.2. The van der Waals surface area contributed by atoms with Gasteiger partial charge in [0.1, 0.15) is 0 Å². The lowest BCUT2D eigenvalue weighted by Crippen LogP contribution is -2.18. The molecule has 32 heavy (non-hydrogen) atoms. The molecule has 162 valence electrons. The molecule has 4 aromatic rings. The van der Waals surface area contributed by atoms with E-state index in [2.05, 4.69) is 42.1 Å². The first-order valence-corrected chi connectivity index (χ1v) is 10.9. The van der Waals surface area contributed by atoms with E-state index in [0.29, 0.717) is 12.1 Å². The van der Waals surface area contributed by atoms with Crippen LogP contribution in [0, 0.1) is 0 Å². The summed E-state index contributed by atoms with van der Waals surface area (Å²) in [5.74, 6) is -0.517. The first-order valence-electron chi connectivity index (χ1n) is 10.9. The van der Waals surface area contributed by atoms with E-state index in [1.54, 1.807) is 17.6 Å². The van der Waals surface area contributed by atoms with E-state index in [9.17, 15) is 4.79 Å². The van der Waals surface area contributed by atoms with Crippen molar-refractivity contribution in [2.45, 2.75) is 39.3 Å². The molecule has 0 atom stereocenters. The fraction of sp³-hybridized carbons (Fsp3) is 0.240. The zero-order chi connectivity index (χ0) is 22.1. The number of rotatable bonds is 6. The van der Waals surface area contributed by atoms with Gasteiger partial charge < -0.3 is 0 Å². The molecule has 5 rings (SSSR count). The Balaban J connectivity index is 1.54. The van der Waals surface area contributed by atoms with E-state index in [-0.39, 0.29) is 0 Å². The van der Waals surface area contributed by atoms with Gasteiger partial charge in [0, 0.05) is 41.5 Å². The predicted molar refractivity (Wildman–Crippen MR) is 121 cm³/mol. The summed E-state index contributed by atoms with van der Waals surface area (Å²) < 4.78 is 4.08. The van der Waals surface area contributed by atoms with E-state index >= 15 is 0 Å². The van der Waals surface area contributed by atoms with E-state index in [1.807, 2.05) is 22.9 Å². The average molecular weight is 428 g/mol. The third kappa shape index (κ3) is 3.71. The largest absolute Gasteiger partial charge is 0.288 e. The molecule has 0 fully saturated rings. The molecule has 0 saturated heterocycles. The Morgan fingerprint density at radius 1 is 1.03 bits per heavy atom. The molecular formula is C25H25N5O2. The van der Waals surface area contributed by atoms with Crippen LogP contribution in [-0.2, 0) is 32.4 Å². The molecule has 7 nitrogen and oxygen atoms in total. The number of aromatic nitrogens is 4. The molecule has 0 aliphatic heterocycles. The smallest absolute Gasteiger partial charge is 0.274 e. The normalized spacial score (nSPS) is 12.3. The maximum Gasteiger partial charge on any atom is 0.274 e. The minimum atomic E-state index is -0.517. The summed E-state index contributed by atoms with van der Waals surface area (Å²) in [7, 11) is 0. The van der Waals surface area contributed by atoms with Crippen molar-refractivity contribution in [1.29, 1.82) is 0 Å². The monoisotopic (exact) mass is 427 g/mol. The number of carbonyl (C=O) groups excluding carboxylic acids is 1. The number of fused-ring (bicyclic) bond motifs is 3. The Morgan fingerprint density at radius 2 is 1.81 bits per heavy atom. The van der Waals surface area contributed by atoms with Crippen molar-refractivity contribution in [3.63, 3.8) is 0 Å². The van der Waals surface area contributed by atoms with E-state index in [1.165, 1.54) is 16.8 Å². The van der Waals surface area contributed by atoms with Crippen LogP contribution in [0.3, 0.4) is 0 Å². The summed E-state index contributed by atoms with van der Waals surface area (Å²) >= 11 is 0. The number of hydrogen-bond donors (Lipinski definition) is 2. The third-order valence-corrected chi connectivity index (χ3v) is 6.06. The van der Waals surface area contributed by atoms with Crippen LogP contribution in [0.15, 0.2) is 60.8 Å². The highest BCUT2D eigenvalue weighted by Gasteiger charge is 2.27. The molecule has 2 aromatic heterocycles. The molecule has 7 heteroatoms. The van der Waals surface area contributed by atoms with Crippen molar-refractivity contribution < 1.29 is 10.0 Å². The Labute approximate surface area is 186 Å². The molecule has 2 heterocycles. The topological polar surface area (TPSA) is 85.0 Å². The van der Waals surface area contributed by atoms with Crippen LogP contribution in [0.1, 0.15) is 45.4 Å². The number of hydrogen-bond acceptors (Lipinski definition) is 4. The molecule has 0 spiro atoms. The van der Waals surface area contributed by atoms with Crippen LogP contribution < -0.4 is 5.48 Å². The van der Waals surface area contributed by atoms with Crippen molar-refractivity contribution in [2.24, 2.45) is 0 Å². The zero-order valence-electron chi connectivity index (χ0n) is 18.0.